The van der Waals surface area contributed by atoms with Gasteiger partial charge in [0.2, 0.25) is 5.88 Å². The van der Waals surface area contributed by atoms with Crippen molar-refractivity contribution in [1.82, 2.24) is 9.97 Å². The third-order valence-corrected chi connectivity index (χ3v) is 2.28. The summed E-state index contributed by atoms with van der Waals surface area (Å²) in [6, 6.07) is 0. The van der Waals surface area contributed by atoms with E-state index in [1.165, 1.54) is 6.33 Å². The first-order chi connectivity index (χ1) is 7.84. The van der Waals surface area contributed by atoms with Crippen molar-refractivity contribution >= 4 is 15.9 Å². The van der Waals surface area contributed by atoms with Crippen LogP contribution in [0, 0.1) is 0 Å². The Kier molecular flexibility index (Phi) is 7.03. The van der Waals surface area contributed by atoms with Gasteiger partial charge in [-0.3, -0.25) is 0 Å². The molecule has 0 aliphatic heterocycles. The van der Waals surface area contributed by atoms with Crippen LogP contribution in [0.1, 0.15) is 6.42 Å². The standard InChI is InChI=1S/C10H15BrN2O3/c1-14-3-2-4-15-5-6-16-10-9(11)7-12-8-13-10/h7-8H,2-6H2,1H3. The van der Waals surface area contributed by atoms with Gasteiger partial charge in [0.05, 0.1) is 11.1 Å². The molecule has 1 aromatic heterocycles. The molecule has 6 heteroatoms. The van der Waals surface area contributed by atoms with Crippen LogP contribution in [0.15, 0.2) is 17.0 Å². The second-order valence-electron chi connectivity index (χ2n) is 2.98. The van der Waals surface area contributed by atoms with Crippen molar-refractivity contribution in [2.75, 3.05) is 33.5 Å². The molecule has 0 atom stereocenters. The van der Waals surface area contributed by atoms with Gasteiger partial charge in [-0.25, -0.2) is 9.97 Å². The fourth-order valence-corrected chi connectivity index (χ4v) is 1.35. The summed E-state index contributed by atoms with van der Waals surface area (Å²) < 4.78 is 16.4. The Bertz CT molecular complexity index is 299. The van der Waals surface area contributed by atoms with Crippen LogP contribution in [0.4, 0.5) is 0 Å². The Balaban J connectivity index is 2.05. The third-order valence-electron chi connectivity index (χ3n) is 1.74. The SMILES string of the molecule is COCCCOCCOc1ncncc1Br. The van der Waals surface area contributed by atoms with Crippen molar-refractivity contribution in [3.05, 3.63) is 17.0 Å². The lowest BCUT2D eigenvalue weighted by molar-refractivity contribution is 0.0793. The van der Waals surface area contributed by atoms with Crippen LogP contribution in [-0.4, -0.2) is 43.5 Å². The van der Waals surface area contributed by atoms with E-state index < -0.39 is 0 Å². The molecule has 0 radical (unpaired) electrons. The summed E-state index contributed by atoms with van der Waals surface area (Å²) in [5.74, 6) is 0.537. The molecule has 0 saturated heterocycles. The smallest absolute Gasteiger partial charge is 0.231 e. The zero-order chi connectivity index (χ0) is 11.6. The van der Waals surface area contributed by atoms with Crippen LogP contribution in [0.2, 0.25) is 0 Å². The molecule has 0 N–H and O–H groups in total. The first kappa shape index (κ1) is 13.3. The van der Waals surface area contributed by atoms with Crippen LogP contribution in [-0.2, 0) is 9.47 Å². The quantitative estimate of drug-likeness (QED) is 0.682. The van der Waals surface area contributed by atoms with Gasteiger partial charge >= 0.3 is 0 Å². The highest BCUT2D eigenvalue weighted by molar-refractivity contribution is 9.10. The molecule has 0 amide bonds. The van der Waals surface area contributed by atoms with Gasteiger partial charge in [0.1, 0.15) is 12.9 Å². The fourth-order valence-electron chi connectivity index (χ4n) is 1.01. The van der Waals surface area contributed by atoms with Gasteiger partial charge < -0.3 is 14.2 Å². The number of ether oxygens (including phenoxy) is 3. The largest absolute Gasteiger partial charge is 0.474 e. The topological polar surface area (TPSA) is 53.5 Å². The lowest BCUT2D eigenvalue weighted by atomic mass is 10.5. The van der Waals surface area contributed by atoms with E-state index in [2.05, 4.69) is 25.9 Å². The molecule has 0 unspecified atom stereocenters. The van der Waals surface area contributed by atoms with Crippen molar-refractivity contribution < 1.29 is 14.2 Å². The second-order valence-corrected chi connectivity index (χ2v) is 3.84. The second kappa shape index (κ2) is 8.43. The lowest BCUT2D eigenvalue weighted by Gasteiger charge is -2.06. The third kappa shape index (κ3) is 5.39. The number of hydrogen-bond donors (Lipinski definition) is 0. The molecule has 90 valence electrons. The van der Waals surface area contributed by atoms with Gasteiger partial charge in [-0.05, 0) is 22.4 Å². The predicted molar refractivity (Wildman–Crippen MR) is 62.5 cm³/mol. The predicted octanol–water partition coefficient (Wildman–Crippen LogP) is 1.67. The van der Waals surface area contributed by atoms with Crippen LogP contribution in [0.5, 0.6) is 5.88 Å². The molecular weight excluding hydrogens is 276 g/mol. The van der Waals surface area contributed by atoms with E-state index in [-0.39, 0.29) is 0 Å². The van der Waals surface area contributed by atoms with Crippen molar-refractivity contribution in [3.8, 4) is 5.88 Å². The average molecular weight is 291 g/mol. The molecule has 0 bridgehead atoms. The lowest BCUT2D eigenvalue weighted by Crippen LogP contribution is -2.09. The Hall–Kier alpha value is -0.720. The van der Waals surface area contributed by atoms with Crippen molar-refractivity contribution in [3.63, 3.8) is 0 Å². The molecule has 16 heavy (non-hydrogen) atoms. The number of methoxy groups -OCH3 is 1. The van der Waals surface area contributed by atoms with Gasteiger partial charge in [0.25, 0.3) is 0 Å². The van der Waals surface area contributed by atoms with E-state index in [9.17, 15) is 0 Å². The zero-order valence-electron chi connectivity index (χ0n) is 9.19. The normalized spacial score (nSPS) is 10.4. The first-order valence-electron chi connectivity index (χ1n) is 4.99. The molecule has 0 spiro atoms. The average Bonchev–Trinajstić information content (AvgIpc) is 2.30. The molecule has 0 aromatic carbocycles. The van der Waals surface area contributed by atoms with Crippen LogP contribution in [0.3, 0.4) is 0 Å². The molecule has 0 saturated carbocycles. The van der Waals surface area contributed by atoms with Gasteiger partial charge in [-0.2, -0.15) is 0 Å². The number of halogens is 1. The van der Waals surface area contributed by atoms with Gasteiger partial charge in [-0.1, -0.05) is 0 Å². The maximum Gasteiger partial charge on any atom is 0.231 e. The summed E-state index contributed by atoms with van der Waals surface area (Å²) in [6.07, 6.45) is 3.98. The van der Waals surface area contributed by atoms with Gasteiger partial charge in [0.15, 0.2) is 0 Å². The van der Waals surface area contributed by atoms with E-state index >= 15 is 0 Å². The maximum atomic E-state index is 5.39. The molecule has 1 aromatic rings. The van der Waals surface area contributed by atoms with E-state index in [0.29, 0.717) is 25.7 Å². The fraction of sp³-hybridized carbons (Fsp3) is 0.600. The maximum absolute atomic E-state index is 5.39. The number of rotatable bonds is 8. The Morgan fingerprint density at radius 2 is 2.12 bits per heavy atom. The summed E-state index contributed by atoms with van der Waals surface area (Å²) in [4.78, 5) is 7.81. The summed E-state index contributed by atoms with van der Waals surface area (Å²) >= 11 is 3.29. The highest BCUT2D eigenvalue weighted by Crippen LogP contribution is 2.19. The van der Waals surface area contributed by atoms with E-state index in [1.54, 1.807) is 13.3 Å². The van der Waals surface area contributed by atoms with Gasteiger partial charge in [0, 0.05) is 26.5 Å². The first-order valence-corrected chi connectivity index (χ1v) is 5.79. The molecular formula is C10H15BrN2O3. The minimum atomic E-state index is 0.475. The van der Waals surface area contributed by atoms with E-state index in [1.807, 2.05) is 0 Å². The Morgan fingerprint density at radius 1 is 1.25 bits per heavy atom. The van der Waals surface area contributed by atoms with E-state index in [0.717, 1.165) is 17.5 Å². The van der Waals surface area contributed by atoms with Crippen molar-refractivity contribution in [1.29, 1.82) is 0 Å². The molecule has 0 aliphatic rings. The monoisotopic (exact) mass is 290 g/mol. The minimum Gasteiger partial charge on any atom is -0.474 e. The van der Waals surface area contributed by atoms with Gasteiger partial charge in [-0.15, -0.1) is 0 Å². The number of aromatic nitrogens is 2. The Morgan fingerprint density at radius 3 is 2.88 bits per heavy atom. The summed E-state index contributed by atoms with van der Waals surface area (Å²) in [5, 5.41) is 0. The Labute approximate surface area is 103 Å². The van der Waals surface area contributed by atoms with E-state index in [4.69, 9.17) is 14.2 Å². The molecule has 0 fully saturated rings. The zero-order valence-corrected chi connectivity index (χ0v) is 10.8. The van der Waals surface area contributed by atoms with Crippen molar-refractivity contribution in [2.45, 2.75) is 6.42 Å². The van der Waals surface area contributed by atoms with Crippen LogP contribution >= 0.6 is 15.9 Å². The molecule has 1 rings (SSSR count). The summed E-state index contributed by atoms with van der Waals surface area (Å²) in [6.45, 7) is 2.42. The molecule has 5 nitrogen and oxygen atoms in total. The van der Waals surface area contributed by atoms with Crippen LogP contribution in [0.25, 0.3) is 0 Å². The number of hydrogen-bond acceptors (Lipinski definition) is 5. The highest BCUT2D eigenvalue weighted by Gasteiger charge is 2.00. The minimum absolute atomic E-state index is 0.475. The highest BCUT2D eigenvalue weighted by atomic mass is 79.9. The number of nitrogens with zero attached hydrogens (tertiary/aromatic N) is 2. The summed E-state index contributed by atoms with van der Waals surface area (Å²) in [5.41, 5.74) is 0. The molecule has 0 aliphatic carbocycles. The van der Waals surface area contributed by atoms with Crippen LogP contribution < -0.4 is 4.74 Å². The molecule has 1 heterocycles. The van der Waals surface area contributed by atoms with Crippen molar-refractivity contribution in [2.24, 2.45) is 0 Å². The summed E-state index contributed by atoms with van der Waals surface area (Å²) in [7, 11) is 1.68.